The van der Waals surface area contributed by atoms with Crippen molar-refractivity contribution in [1.82, 2.24) is 4.98 Å². The first-order valence-electron chi connectivity index (χ1n) is 9.72. The Balaban J connectivity index is 1.71. The highest BCUT2D eigenvalue weighted by Gasteiger charge is 2.28. The zero-order valence-corrected chi connectivity index (χ0v) is 18.0. The van der Waals surface area contributed by atoms with Crippen LogP contribution >= 0.6 is 0 Å². The van der Waals surface area contributed by atoms with Crippen LogP contribution in [0.2, 0.25) is 0 Å². The molecule has 0 aliphatic carbocycles. The summed E-state index contributed by atoms with van der Waals surface area (Å²) in [5.41, 5.74) is 2.73. The van der Waals surface area contributed by atoms with E-state index in [4.69, 9.17) is 9.15 Å². The van der Waals surface area contributed by atoms with E-state index in [1.54, 1.807) is 37.4 Å². The smallest absolute Gasteiger partial charge is 0.234 e. The van der Waals surface area contributed by atoms with Gasteiger partial charge in [0.2, 0.25) is 26.6 Å². The Labute approximate surface area is 181 Å². The van der Waals surface area contributed by atoms with Gasteiger partial charge in [-0.3, -0.25) is 0 Å². The van der Waals surface area contributed by atoms with Gasteiger partial charge < -0.3 is 14.5 Å². The Morgan fingerprint density at radius 3 is 2.26 bits per heavy atom. The molecule has 1 aromatic heterocycles. The number of hydrogen-bond donors (Lipinski definition) is 1. The predicted molar refractivity (Wildman–Crippen MR) is 119 cm³/mol. The van der Waals surface area contributed by atoms with Crippen LogP contribution in [0.5, 0.6) is 5.75 Å². The van der Waals surface area contributed by atoms with E-state index in [9.17, 15) is 8.42 Å². The van der Waals surface area contributed by atoms with Gasteiger partial charge in [0.25, 0.3) is 0 Å². The van der Waals surface area contributed by atoms with E-state index in [2.05, 4.69) is 10.3 Å². The maximum absolute atomic E-state index is 13.3. The van der Waals surface area contributed by atoms with Gasteiger partial charge >= 0.3 is 0 Å². The third kappa shape index (κ3) is 4.46. The summed E-state index contributed by atoms with van der Waals surface area (Å²) >= 11 is 0. The molecule has 0 bridgehead atoms. The van der Waals surface area contributed by atoms with Gasteiger partial charge in [0.1, 0.15) is 5.75 Å². The van der Waals surface area contributed by atoms with Gasteiger partial charge in [-0.25, -0.2) is 8.42 Å². The Kier molecular flexibility index (Phi) is 5.77. The number of rotatable bonds is 7. The molecule has 0 radical (unpaired) electrons. The number of oxazole rings is 1. The van der Waals surface area contributed by atoms with Gasteiger partial charge in [-0.05, 0) is 48.9 Å². The van der Waals surface area contributed by atoms with Gasteiger partial charge in [-0.2, -0.15) is 4.98 Å². The number of methoxy groups -OCH3 is 1. The van der Waals surface area contributed by atoms with Gasteiger partial charge in [-0.1, -0.05) is 48.0 Å². The number of benzene rings is 3. The van der Waals surface area contributed by atoms with Crippen LogP contribution in [0.3, 0.4) is 0 Å². The molecule has 31 heavy (non-hydrogen) atoms. The lowest BCUT2D eigenvalue weighted by Crippen LogP contribution is -2.07. The first-order chi connectivity index (χ1) is 15.0. The molecule has 1 N–H and O–H groups in total. The summed E-state index contributed by atoms with van der Waals surface area (Å²) in [4.78, 5) is 4.52. The Bertz CT molecular complexity index is 1260. The molecule has 0 saturated carbocycles. The van der Waals surface area contributed by atoms with Crippen molar-refractivity contribution in [3.05, 3.63) is 90.0 Å². The highest BCUT2D eigenvalue weighted by molar-refractivity contribution is 7.91. The van der Waals surface area contributed by atoms with Crippen LogP contribution in [0.15, 0.2) is 93.2 Å². The van der Waals surface area contributed by atoms with E-state index in [-0.39, 0.29) is 21.7 Å². The normalized spacial score (nSPS) is 11.3. The first kappa shape index (κ1) is 20.7. The van der Waals surface area contributed by atoms with E-state index in [1.807, 2.05) is 55.5 Å². The van der Waals surface area contributed by atoms with Crippen molar-refractivity contribution in [1.29, 1.82) is 0 Å². The fraction of sp³-hybridized carbons (Fsp3) is 0.125. The third-order valence-corrected chi connectivity index (χ3v) is 6.49. The van der Waals surface area contributed by atoms with Crippen LogP contribution in [-0.2, 0) is 16.4 Å². The van der Waals surface area contributed by atoms with Gasteiger partial charge in [0.15, 0.2) is 0 Å². The van der Waals surface area contributed by atoms with Crippen molar-refractivity contribution in [2.75, 3.05) is 12.4 Å². The van der Waals surface area contributed by atoms with Gasteiger partial charge in [-0.15, -0.1) is 0 Å². The highest BCUT2D eigenvalue weighted by Crippen LogP contribution is 2.32. The number of aryl methyl sites for hydroxylation is 1. The molecule has 1 heterocycles. The Hall–Kier alpha value is -3.58. The summed E-state index contributed by atoms with van der Waals surface area (Å²) < 4.78 is 37.6. The lowest BCUT2D eigenvalue weighted by molar-refractivity contribution is 0.414. The van der Waals surface area contributed by atoms with Gasteiger partial charge in [0, 0.05) is 12.1 Å². The van der Waals surface area contributed by atoms with Crippen molar-refractivity contribution >= 4 is 15.7 Å². The molecule has 0 amide bonds. The maximum atomic E-state index is 13.3. The van der Waals surface area contributed by atoms with Crippen LogP contribution in [0.1, 0.15) is 11.1 Å². The third-order valence-electron chi connectivity index (χ3n) is 4.81. The Morgan fingerprint density at radius 1 is 0.935 bits per heavy atom. The monoisotopic (exact) mass is 434 g/mol. The van der Waals surface area contributed by atoms with E-state index < -0.39 is 9.84 Å². The highest BCUT2D eigenvalue weighted by atomic mass is 32.2. The number of aromatic nitrogens is 1. The van der Waals surface area contributed by atoms with Crippen LogP contribution in [0.25, 0.3) is 11.5 Å². The quantitative estimate of drug-likeness (QED) is 0.436. The fourth-order valence-electron chi connectivity index (χ4n) is 3.06. The minimum absolute atomic E-state index is 0.107. The second-order valence-corrected chi connectivity index (χ2v) is 8.90. The molecular formula is C24H22N2O4S. The largest absolute Gasteiger partial charge is 0.497 e. The molecule has 3 aromatic carbocycles. The van der Waals surface area contributed by atoms with Crippen LogP contribution in [0, 0.1) is 6.92 Å². The molecule has 6 nitrogen and oxygen atoms in total. The minimum Gasteiger partial charge on any atom is -0.497 e. The first-order valence-corrected chi connectivity index (χ1v) is 11.2. The molecule has 0 unspecified atom stereocenters. The summed E-state index contributed by atoms with van der Waals surface area (Å²) in [6, 6.07) is 23.3. The van der Waals surface area contributed by atoms with E-state index in [0.717, 1.165) is 16.9 Å². The molecule has 158 valence electrons. The second-order valence-electron chi connectivity index (χ2n) is 7.04. The zero-order chi connectivity index (χ0) is 21.8. The molecular weight excluding hydrogens is 412 g/mol. The summed E-state index contributed by atoms with van der Waals surface area (Å²) in [6.07, 6.45) is 0. The number of ether oxygens (including phenoxy) is 1. The molecule has 0 spiro atoms. The summed E-state index contributed by atoms with van der Waals surface area (Å²) in [7, 11) is -2.26. The molecule has 0 saturated heterocycles. The average Bonchev–Trinajstić information content (AvgIpc) is 3.24. The molecule has 0 fully saturated rings. The lowest BCUT2D eigenvalue weighted by atomic mass is 10.1. The average molecular weight is 435 g/mol. The number of sulfone groups is 1. The van der Waals surface area contributed by atoms with Crippen molar-refractivity contribution in [2.45, 2.75) is 23.4 Å². The van der Waals surface area contributed by atoms with Crippen molar-refractivity contribution in [3.8, 4) is 17.2 Å². The molecule has 0 aliphatic heterocycles. The summed E-state index contributed by atoms with van der Waals surface area (Å²) in [6.45, 7) is 2.34. The summed E-state index contributed by atoms with van der Waals surface area (Å²) in [5, 5.41) is 2.96. The summed E-state index contributed by atoms with van der Waals surface area (Å²) in [5.74, 6) is 1.10. The second kappa shape index (κ2) is 8.65. The van der Waals surface area contributed by atoms with Crippen molar-refractivity contribution in [2.24, 2.45) is 0 Å². The van der Waals surface area contributed by atoms with Crippen LogP contribution < -0.4 is 10.1 Å². The number of hydrogen-bond acceptors (Lipinski definition) is 6. The molecule has 0 atom stereocenters. The topological polar surface area (TPSA) is 81.4 Å². The van der Waals surface area contributed by atoms with Crippen molar-refractivity contribution < 1.29 is 17.6 Å². The SMILES string of the molecule is COc1ccc(CNc2oc(-c3ccc(C)cc3)nc2S(=O)(=O)c2ccccc2)cc1. The lowest BCUT2D eigenvalue weighted by Gasteiger charge is -2.07. The molecule has 0 aliphatic rings. The Morgan fingerprint density at radius 2 is 1.61 bits per heavy atom. The van der Waals surface area contributed by atoms with E-state index >= 15 is 0 Å². The maximum Gasteiger partial charge on any atom is 0.234 e. The number of anilines is 1. The number of nitrogens with one attached hydrogen (secondary N) is 1. The zero-order valence-electron chi connectivity index (χ0n) is 17.2. The van der Waals surface area contributed by atoms with Crippen LogP contribution in [-0.4, -0.2) is 20.5 Å². The number of nitrogens with zero attached hydrogens (tertiary/aromatic N) is 1. The minimum atomic E-state index is -3.87. The molecule has 4 rings (SSSR count). The predicted octanol–water partition coefficient (Wildman–Crippen LogP) is 5.10. The van der Waals surface area contributed by atoms with Crippen LogP contribution in [0.4, 0.5) is 5.88 Å². The molecule has 4 aromatic rings. The fourth-order valence-corrected chi connectivity index (χ4v) is 4.36. The standard InChI is InChI=1S/C24H22N2O4S/c1-17-8-12-19(13-9-17)22-26-24(31(27,28)21-6-4-3-5-7-21)23(30-22)25-16-18-10-14-20(29-2)15-11-18/h3-15,25H,16H2,1-2H3. The van der Waals surface area contributed by atoms with E-state index in [1.165, 1.54) is 0 Å². The molecule has 7 heteroatoms. The van der Waals surface area contributed by atoms with Crippen molar-refractivity contribution in [3.63, 3.8) is 0 Å². The van der Waals surface area contributed by atoms with Gasteiger partial charge in [0.05, 0.1) is 12.0 Å². The van der Waals surface area contributed by atoms with E-state index in [0.29, 0.717) is 12.1 Å².